The highest BCUT2D eigenvalue weighted by Crippen LogP contribution is 2.34. The van der Waals surface area contributed by atoms with Crippen LogP contribution in [0.5, 0.6) is 0 Å². The van der Waals surface area contributed by atoms with Crippen molar-refractivity contribution in [3.63, 3.8) is 0 Å². The van der Waals surface area contributed by atoms with Crippen molar-refractivity contribution in [3.05, 3.63) is 39.5 Å². The van der Waals surface area contributed by atoms with Crippen LogP contribution in [0.3, 0.4) is 0 Å². The molecule has 1 N–H and O–H groups in total. The molecule has 0 bridgehead atoms. The van der Waals surface area contributed by atoms with Gasteiger partial charge >= 0.3 is 5.97 Å². The van der Waals surface area contributed by atoms with Gasteiger partial charge in [0.1, 0.15) is 11.8 Å². The molecular formula is C12H7ClN2O2S. The van der Waals surface area contributed by atoms with Crippen molar-refractivity contribution in [2.75, 3.05) is 0 Å². The van der Waals surface area contributed by atoms with Gasteiger partial charge in [0, 0.05) is 10.4 Å². The number of aromatic carboxylic acids is 1. The molecule has 4 nitrogen and oxygen atoms in total. The smallest absolute Gasteiger partial charge is 0.354 e. The number of carboxylic acids is 1. The number of aryl methyl sites for hydroxylation is 1. The fraction of sp³-hybridized carbons (Fsp3) is 0.0833. The number of thiophene rings is 1. The first-order chi connectivity index (χ1) is 8.52. The monoisotopic (exact) mass is 278 g/mol. The van der Waals surface area contributed by atoms with Gasteiger partial charge in [0.05, 0.1) is 15.6 Å². The predicted molar refractivity (Wildman–Crippen MR) is 69.0 cm³/mol. The van der Waals surface area contributed by atoms with Gasteiger partial charge in [0.15, 0.2) is 0 Å². The summed E-state index contributed by atoms with van der Waals surface area (Å²) >= 11 is 7.14. The van der Waals surface area contributed by atoms with Crippen molar-refractivity contribution in [1.82, 2.24) is 4.98 Å². The molecule has 0 atom stereocenters. The fourth-order valence-electron chi connectivity index (χ4n) is 1.58. The number of halogens is 1. The molecule has 90 valence electrons. The second kappa shape index (κ2) is 4.77. The highest BCUT2D eigenvalue weighted by molar-refractivity contribution is 7.19. The lowest BCUT2D eigenvalue weighted by Gasteiger charge is -2.05. The number of nitrogens with zero attached hydrogens (tertiary/aromatic N) is 2. The molecule has 6 heteroatoms. The number of rotatable bonds is 2. The number of hydrogen-bond donors (Lipinski definition) is 1. The molecule has 2 aromatic heterocycles. The Labute approximate surface area is 112 Å². The summed E-state index contributed by atoms with van der Waals surface area (Å²) in [5.74, 6) is -1.12. The number of pyridine rings is 1. The van der Waals surface area contributed by atoms with Crippen molar-refractivity contribution in [2.24, 2.45) is 0 Å². The molecule has 18 heavy (non-hydrogen) atoms. The molecule has 0 spiro atoms. The summed E-state index contributed by atoms with van der Waals surface area (Å²) in [5, 5.41) is 18.1. The third-order valence-corrected chi connectivity index (χ3v) is 3.63. The van der Waals surface area contributed by atoms with Gasteiger partial charge in [0.25, 0.3) is 0 Å². The lowest BCUT2D eigenvalue weighted by molar-refractivity contribution is 0.0690. The summed E-state index contributed by atoms with van der Waals surface area (Å²) in [6.45, 7) is 1.61. The minimum absolute atomic E-state index is 0.0778. The van der Waals surface area contributed by atoms with Gasteiger partial charge in [-0.05, 0) is 25.1 Å². The maximum atomic E-state index is 11.0. The Balaban J connectivity index is 2.71. The number of carbonyl (C=O) groups is 1. The van der Waals surface area contributed by atoms with Gasteiger partial charge in [-0.25, -0.2) is 9.78 Å². The van der Waals surface area contributed by atoms with Crippen LogP contribution in [0.2, 0.25) is 4.34 Å². The van der Waals surface area contributed by atoms with E-state index in [2.05, 4.69) is 4.98 Å². The molecule has 0 amide bonds. The number of carboxylic acid groups (broad SMARTS) is 1. The summed E-state index contributed by atoms with van der Waals surface area (Å²) < 4.78 is 0.584. The van der Waals surface area contributed by atoms with Crippen LogP contribution >= 0.6 is 22.9 Å². The highest BCUT2D eigenvalue weighted by atomic mass is 35.5. The summed E-state index contributed by atoms with van der Waals surface area (Å²) in [6.07, 6.45) is 0. The van der Waals surface area contributed by atoms with Gasteiger partial charge in [-0.15, -0.1) is 11.3 Å². The molecule has 0 radical (unpaired) electrons. The summed E-state index contributed by atoms with van der Waals surface area (Å²) in [4.78, 5) is 15.6. The zero-order chi connectivity index (χ0) is 13.3. The summed E-state index contributed by atoms with van der Waals surface area (Å²) in [7, 11) is 0. The van der Waals surface area contributed by atoms with Crippen LogP contribution in [0.15, 0.2) is 18.2 Å². The summed E-state index contributed by atoms with van der Waals surface area (Å²) in [6, 6.07) is 6.91. The first-order valence-corrected chi connectivity index (χ1v) is 6.13. The molecule has 0 fully saturated rings. The quantitative estimate of drug-likeness (QED) is 0.914. The minimum Gasteiger partial charge on any atom is -0.477 e. The minimum atomic E-state index is -1.12. The fourth-order valence-corrected chi connectivity index (χ4v) is 2.64. The molecule has 0 saturated carbocycles. The van der Waals surface area contributed by atoms with Gasteiger partial charge in [0.2, 0.25) is 0 Å². The van der Waals surface area contributed by atoms with Crippen LogP contribution in [0.25, 0.3) is 10.4 Å². The SMILES string of the molecule is Cc1nc(C(=O)O)cc(-c2ccc(Cl)s2)c1C#N. The normalized spacial score (nSPS) is 10.1. The van der Waals surface area contributed by atoms with Crippen LogP contribution in [-0.2, 0) is 0 Å². The van der Waals surface area contributed by atoms with Crippen LogP contribution in [0.1, 0.15) is 21.7 Å². The Morgan fingerprint density at radius 1 is 1.56 bits per heavy atom. The van der Waals surface area contributed by atoms with Crippen LogP contribution in [-0.4, -0.2) is 16.1 Å². The molecule has 2 rings (SSSR count). The van der Waals surface area contributed by atoms with E-state index in [4.69, 9.17) is 22.0 Å². The lowest BCUT2D eigenvalue weighted by atomic mass is 10.0. The second-order valence-corrected chi connectivity index (χ2v) is 5.25. The maximum Gasteiger partial charge on any atom is 0.354 e. The molecule has 0 aliphatic carbocycles. The molecule has 0 aliphatic rings. The average Bonchev–Trinajstić information content (AvgIpc) is 2.74. The Kier molecular flexibility index (Phi) is 3.32. The van der Waals surface area contributed by atoms with E-state index in [1.165, 1.54) is 17.4 Å². The first kappa shape index (κ1) is 12.6. The van der Waals surface area contributed by atoms with E-state index in [1.807, 2.05) is 6.07 Å². The Bertz CT molecular complexity index is 673. The zero-order valence-electron chi connectivity index (χ0n) is 9.27. The van der Waals surface area contributed by atoms with Crippen molar-refractivity contribution in [2.45, 2.75) is 6.92 Å². The van der Waals surface area contributed by atoms with Gasteiger partial charge in [-0.3, -0.25) is 0 Å². The third kappa shape index (κ3) is 2.21. The van der Waals surface area contributed by atoms with E-state index in [9.17, 15) is 4.79 Å². The average molecular weight is 279 g/mol. The molecule has 0 aliphatic heterocycles. The van der Waals surface area contributed by atoms with E-state index in [0.717, 1.165) is 4.88 Å². The van der Waals surface area contributed by atoms with E-state index in [-0.39, 0.29) is 5.69 Å². The van der Waals surface area contributed by atoms with E-state index >= 15 is 0 Å². The number of nitriles is 1. The largest absolute Gasteiger partial charge is 0.477 e. The maximum absolute atomic E-state index is 11.0. The van der Waals surface area contributed by atoms with Gasteiger partial charge < -0.3 is 5.11 Å². The van der Waals surface area contributed by atoms with E-state index < -0.39 is 5.97 Å². The van der Waals surface area contributed by atoms with Crippen LogP contribution < -0.4 is 0 Å². The molecular weight excluding hydrogens is 272 g/mol. The Morgan fingerprint density at radius 3 is 2.78 bits per heavy atom. The highest BCUT2D eigenvalue weighted by Gasteiger charge is 2.16. The predicted octanol–water partition coefficient (Wildman–Crippen LogP) is 3.34. The zero-order valence-corrected chi connectivity index (χ0v) is 10.8. The van der Waals surface area contributed by atoms with Crippen molar-refractivity contribution < 1.29 is 9.90 Å². The third-order valence-electron chi connectivity index (χ3n) is 2.37. The summed E-state index contributed by atoms with van der Waals surface area (Å²) in [5.41, 5.74) is 1.25. The van der Waals surface area contributed by atoms with Crippen LogP contribution in [0.4, 0.5) is 0 Å². The molecule has 0 saturated heterocycles. The van der Waals surface area contributed by atoms with E-state index in [0.29, 0.717) is 21.2 Å². The molecule has 2 aromatic rings. The van der Waals surface area contributed by atoms with Crippen molar-refractivity contribution in [3.8, 4) is 16.5 Å². The lowest BCUT2D eigenvalue weighted by Crippen LogP contribution is -2.04. The van der Waals surface area contributed by atoms with E-state index in [1.54, 1.807) is 19.1 Å². The van der Waals surface area contributed by atoms with Crippen LogP contribution in [0, 0.1) is 18.3 Å². The molecule has 2 heterocycles. The van der Waals surface area contributed by atoms with Gasteiger partial charge in [-0.1, -0.05) is 11.6 Å². The first-order valence-electron chi connectivity index (χ1n) is 4.93. The topological polar surface area (TPSA) is 74.0 Å². The Morgan fingerprint density at radius 2 is 2.28 bits per heavy atom. The molecule has 0 unspecified atom stereocenters. The van der Waals surface area contributed by atoms with Crippen molar-refractivity contribution in [1.29, 1.82) is 5.26 Å². The standard InChI is InChI=1S/C12H7ClN2O2S/c1-6-8(5-14)7(4-9(15-6)12(16)17)10-2-3-11(13)18-10/h2-4H,1H3,(H,16,17). The Hall–Kier alpha value is -1.90. The number of hydrogen-bond acceptors (Lipinski definition) is 4. The van der Waals surface area contributed by atoms with Crippen molar-refractivity contribution >= 4 is 28.9 Å². The molecule has 0 aromatic carbocycles. The number of aromatic nitrogens is 1. The second-order valence-electron chi connectivity index (χ2n) is 3.54. The van der Waals surface area contributed by atoms with Gasteiger partial charge in [-0.2, -0.15) is 5.26 Å².